The topological polar surface area (TPSA) is 101 Å². The number of benzene rings is 1. The quantitative estimate of drug-likeness (QED) is 0.743. The highest BCUT2D eigenvalue weighted by molar-refractivity contribution is 5.73. The van der Waals surface area contributed by atoms with Gasteiger partial charge >= 0.3 is 0 Å². The molecular weight excluding hydrogens is 356 g/mol. The number of primary amides is 1. The third kappa shape index (κ3) is 5.19. The van der Waals surface area contributed by atoms with E-state index in [9.17, 15) is 4.79 Å². The normalized spacial score (nSPS) is 15.0. The van der Waals surface area contributed by atoms with Crippen LogP contribution >= 0.6 is 0 Å². The summed E-state index contributed by atoms with van der Waals surface area (Å²) in [6.45, 7) is 9.04. The van der Waals surface area contributed by atoms with Crippen LogP contribution in [0.3, 0.4) is 0 Å². The number of hydrogen-bond acceptors (Lipinski definition) is 4. The van der Waals surface area contributed by atoms with Crippen molar-refractivity contribution in [2.45, 2.75) is 52.6 Å². The number of carbonyl (C=O) groups excluding carboxylic acids is 1. The smallest absolute Gasteiger partial charge is 0.290 e. The summed E-state index contributed by atoms with van der Waals surface area (Å²) in [6, 6.07) is 9.23. The summed E-state index contributed by atoms with van der Waals surface area (Å²) in [4.78, 5) is 22.0. The molecule has 152 valence electrons. The van der Waals surface area contributed by atoms with Crippen molar-refractivity contribution in [1.29, 1.82) is 0 Å². The molecular formula is C21H30N4O3. The van der Waals surface area contributed by atoms with Crippen LogP contribution in [-0.2, 0) is 16.1 Å². The van der Waals surface area contributed by atoms with Crippen molar-refractivity contribution >= 4 is 12.4 Å². The molecule has 2 heterocycles. The van der Waals surface area contributed by atoms with E-state index in [1.165, 1.54) is 42.6 Å². The molecule has 7 nitrogen and oxygen atoms in total. The third-order valence-corrected chi connectivity index (χ3v) is 5.30. The third-order valence-electron chi connectivity index (χ3n) is 5.30. The van der Waals surface area contributed by atoms with Gasteiger partial charge in [0.1, 0.15) is 0 Å². The first-order valence-corrected chi connectivity index (χ1v) is 9.63. The fourth-order valence-corrected chi connectivity index (χ4v) is 3.84. The zero-order valence-electron chi connectivity index (χ0n) is 16.9. The van der Waals surface area contributed by atoms with Crippen LogP contribution in [0.15, 0.2) is 24.3 Å². The van der Waals surface area contributed by atoms with E-state index in [2.05, 4.69) is 48.1 Å². The van der Waals surface area contributed by atoms with Gasteiger partial charge in [0.2, 0.25) is 5.91 Å². The highest BCUT2D eigenvalue weighted by atomic mass is 16.3. The van der Waals surface area contributed by atoms with Crippen molar-refractivity contribution in [1.82, 2.24) is 14.7 Å². The molecule has 0 bridgehead atoms. The Kier molecular flexibility index (Phi) is 7.75. The fourth-order valence-electron chi connectivity index (χ4n) is 3.84. The Bertz CT molecular complexity index is 810. The molecule has 0 radical (unpaired) electrons. The highest BCUT2D eigenvalue weighted by Crippen LogP contribution is 2.31. The fraction of sp³-hybridized carbons (Fsp3) is 0.476. The van der Waals surface area contributed by atoms with Crippen molar-refractivity contribution in [3.05, 3.63) is 41.2 Å². The Morgan fingerprint density at radius 3 is 2.57 bits per heavy atom. The molecule has 0 aliphatic carbocycles. The highest BCUT2D eigenvalue weighted by Gasteiger charge is 2.20. The predicted molar refractivity (Wildman–Crippen MR) is 109 cm³/mol. The van der Waals surface area contributed by atoms with E-state index in [0.717, 1.165) is 11.4 Å². The summed E-state index contributed by atoms with van der Waals surface area (Å²) in [7, 11) is 0. The molecule has 1 fully saturated rings. The van der Waals surface area contributed by atoms with Gasteiger partial charge in [-0.1, -0.05) is 18.2 Å². The van der Waals surface area contributed by atoms with Crippen LogP contribution in [0.5, 0.6) is 0 Å². The molecule has 28 heavy (non-hydrogen) atoms. The van der Waals surface area contributed by atoms with Gasteiger partial charge in [0.25, 0.3) is 6.47 Å². The summed E-state index contributed by atoms with van der Waals surface area (Å²) in [5, 5.41) is 11.5. The average molecular weight is 386 g/mol. The number of carbonyl (C=O) groups is 2. The van der Waals surface area contributed by atoms with Gasteiger partial charge in [-0.2, -0.15) is 5.10 Å². The molecule has 7 heteroatoms. The van der Waals surface area contributed by atoms with Crippen molar-refractivity contribution in [3.8, 4) is 11.1 Å². The molecule has 3 N–H and O–H groups in total. The summed E-state index contributed by atoms with van der Waals surface area (Å²) in [5.41, 5.74) is 11.1. The first-order chi connectivity index (χ1) is 13.4. The molecule has 1 saturated heterocycles. The SMILES string of the molecule is Cc1nn(CCC(N)=O)c(C)c1-c1cccc(C(C)N2CCCC2)c1.O=CO. The number of carboxylic acid groups (broad SMARTS) is 1. The lowest BCUT2D eigenvalue weighted by Gasteiger charge is -2.24. The number of aromatic nitrogens is 2. The summed E-state index contributed by atoms with van der Waals surface area (Å²) in [5.74, 6) is -0.296. The first kappa shape index (κ1) is 21.6. The zero-order valence-corrected chi connectivity index (χ0v) is 16.9. The number of likely N-dealkylation sites (tertiary alicyclic amines) is 1. The van der Waals surface area contributed by atoms with Crippen LogP contribution < -0.4 is 5.73 Å². The standard InChI is InChI=1S/C20H28N4O.CH2O2/c1-14-20(16(3)24(22-14)12-9-19(21)25)18-8-6-7-17(13-18)15(2)23-10-4-5-11-23;2-1-3/h6-8,13,15H,4-5,9-12H2,1-3H3,(H2,21,25);1H,(H,2,3). The number of amides is 1. The predicted octanol–water partition coefficient (Wildman–Crippen LogP) is 2.90. The molecule has 0 saturated carbocycles. The molecule has 1 unspecified atom stereocenters. The molecule has 1 aliphatic rings. The van der Waals surface area contributed by atoms with Crippen LogP contribution in [0, 0.1) is 13.8 Å². The number of rotatable bonds is 6. The van der Waals surface area contributed by atoms with Gasteiger partial charge in [0.15, 0.2) is 0 Å². The second-order valence-corrected chi connectivity index (χ2v) is 7.14. The van der Waals surface area contributed by atoms with Crippen molar-refractivity contribution in [2.75, 3.05) is 13.1 Å². The minimum absolute atomic E-state index is 0.250. The maximum Gasteiger partial charge on any atom is 0.290 e. The van der Waals surface area contributed by atoms with Crippen molar-refractivity contribution < 1.29 is 14.7 Å². The van der Waals surface area contributed by atoms with Crippen LogP contribution in [0.4, 0.5) is 0 Å². The number of hydrogen-bond donors (Lipinski definition) is 2. The zero-order chi connectivity index (χ0) is 20.7. The number of aryl methyl sites for hydroxylation is 2. The number of nitrogens with zero attached hydrogens (tertiary/aromatic N) is 3. The Morgan fingerprint density at radius 1 is 1.32 bits per heavy atom. The first-order valence-electron chi connectivity index (χ1n) is 9.63. The van der Waals surface area contributed by atoms with E-state index in [0.29, 0.717) is 19.0 Å². The molecule has 1 aliphatic heterocycles. The van der Waals surface area contributed by atoms with Crippen LogP contribution in [0.25, 0.3) is 11.1 Å². The maximum absolute atomic E-state index is 11.1. The van der Waals surface area contributed by atoms with Gasteiger partial charge in [-0.05, 0) is 63.9 Å². The van der Waals surface area contributed by atoms with Gasteiger partial charge in [-0.3, -0.25) is 19.2 Å². The van der Waals surface area contributed by atoms with Gasteiger partial charge in [-0.25, -0.2) is 0 Å². The minimum Gasteiger partial charge on any atom is -0.483 e. The Labute approximate surface area is 166 Å². The average Bonchev–Trinajstić information content (AvgIpc) is 3.28. The molecule has 2 aromatic rings. The van der Waals surface area contributed by atoms with Crippen molar-refractivity contribution in [3.63, 3.8) is 0 Å². The summed E-state index contributed by atoms with van der Waals surface area (Å²) in [6.07, 6.45) is 2.91. The molecule has 3 rings (SSSR count). The van der Waals surface area contributed by atoms with Crippen LogP contribution in [-0.4, -0.2) is 45.3 Å². The molecule has 1 atom stereocenters. The molecule has 0 spiro atoms. The van der Waals surface area contributed by atoms with E-state index in [-0.39, 0.29) is 12.4 Å². The van der Waals surface area contributed by atoms with Crippen molar-refractivity contribution in [2.24, 2.45) is 5.73 Å². The maximum atomic E-state index is 11.1. The van der Waals surface area contributed by atoms with Gasteiger partial charge in [0, 0.05) is 30.3 Å². The van der Waals surface area contributed by atoms with E-state index >= 15 is 0 Å². The van der Waals surface area contributed by atoms with Crippen LogP contribution in [0.2, 0.25) is 0 Å². The molecule has 1 aromatic heterocycles. The molecule has 1 amide bonds. The molecule has 1 aromatic carbocycles. The van der Waals surface area contributed by atoms with Crippen LogP contribution in [0.1, 0.15) is 49.2 Å². The van der Waals surface area contributed by atoms with Gasteiger partial charge in [-0.15, -0.1) is 0 Å². The lowest BCUT2D eigenvalue weighted by Crippen LogP contribution is -2.23. The largest absolute Gasteiger partial charge is 0.483 e. The Hall–Kier alpha value is -2.67. The van der Waals surface area contributed by atoms with E-state index in [1.807, 2.05) is 11.6 Å². The second kappa shape index (κ2) is 10.0. The minimum atomic E-state index is -0.296. The van der Waals surface area contributed by atoms with Gasteiger partial charge in [0.05, 0.1) is 5.69 Å². The van der Waals surface area contributed by atoms with Gasteiger partial charge < -0.3 is 10.8 Å². The number of nitrogens with two attached hydrogens (primary N) is 1. The Balaban J connectivity index is 0.000000878. The van der Waals surface area contributed by atoms with E-state index < -0.39 is 0 Å². The lowest BCUT2D eigenvalue weighted by molar-refractivity contribution is -0.123. The summed E-state index contributed by atoms with van der Waals surface area (Å²) >= 11 is 0. The Morgan fingerprint density at radius 2 is 1.96 bits per heavy atom. The summed E-state index contributed by atoms with van der Waals surface area (Å²) < 4.78 is 1.89. The van der Waals surface area contributed by atoms with E-state index in [1.54, 1.807) is 0 Å². The monoisotopic (exact) mass is 386 g/mol. The second-order valence-electron chi connectivity index (χ2n) is 7.14. The van der Waals surface area contributed by atoms with E-state index in [4.69, 9.17) is 15.6 Å². The lowest BCUT2D eigenvalue weighted by atomic mass is 9.98.